The summed E-state index contributed by atoms with van der Waals surface area (Å²) in [5.41, 5.74) is 0. The van der Waals surface area contributed by atoms with Crippen molar-refractivity contribution in [3.05, 3.63) is 0 Å². The Bertz CT molecular complexity index is 211. The number of carbonyl (C=O) groups is 1. The fourth-order valence-corrected chi connectivity index (χ4v) is 2.29. The van der Waals surface area contributed by atoms with Crippen LogP contribution in [-0.2, 0) is 9.53 Å². The minimum absolute atomic E-state index is 0.207. The van der Waals surface area contributed by atoms with E-state index in [9.17, 15) is 4.79 Å². The van der Waals surface area contributed by atoms with Crippen LogP contribution >= 0.6 is 0 Å². The molecule has 0 aromatic heterocycles. The first-order valence-electron chi connectivity index (χ1n) is 5.65. The second-order valence-electron chi connectivity index (χ2n) is 4.57. The molecule has 2 saturated heterocycles. The summed E-state index contributed by atoms with van der Waals surface area (Å²) in [6, 6.07) is 0. The highest BCUT2D eigenvalue weighted by Crippen LogP contribution is 2.20. The lowest BCUT2D eigenvalue weighted by Crippen LogP contribution is -2.31. The lowest BCUT2D eigenvalue weighted by Gasteiger charge is -2.18. The van der Waals surface area contributed by atoms with Crippen LogP contribution in [-0.4, -0.2) is 36.6 Å². The lowest BCUT2D eigenvalue weighted by molar-refractivity contribution is -0.132. The average Bonchev–Trinajstić information content (AvgIpc) is 2.75. The number of likely N-dealkylation sites (tertiary alicyclic amines) is 1. The van der Waals surface area contributed by atoms with Crippen molar-refractivity contribution in [2.75, 3.05) is 19.7 Å². The van der Waals surface area contributed by atoms with E-state index < -0.39 is 0 Å². The van der Waals surface area contributed by atoms with Gasteiger partial charge in [-0.05, 0) is 25.2 Å². The van der Waals surface area contributed by atoms with Crippen LogP contribution < -0.4 is 0 Å². The molecule has 2 unspecified atom stereocenters. The van der Waals surface area contributed by atoms with Gasteiger partial charge in [-0.2, -0.15) is 0 Å². The molecule has 2 aliphatic rings. The molecule has 1 amide bonds. The second kappa shape index (κ2) is 4.30. The maximum Gasteiger partial charge on any atom is 0.225 e. The predicted octanol–water partition coefficient (Wildman–Crippen LogP) is 1.42. The Morgan fingerprint density at radius 2 is 2.36 bits per heavy atom. The Morgan fingerprint density at radius 3 is 2.93 bits per heavy atom. The van der Waals surface area contributed by atoms with Gasteiger partial charge >= 0.3 is 0 Å². The summed E-state index contributed by atoms with van der Waals surface area (Å²) in [5, 5.41) is 0. The molecular weight excluding hydrogens is 178 g/mol. The summed E-state index contributed by atoms with van der Waals surface area (Å²) in [4.78, 5) is 13.8. The van der Waals surface area contributed by atoms with Gasteiger partial charge in [0.05, 0.1) is 12.5 Å². The number of amides is 1. The van der Waals surface area contributed by atoms with Crippen molar-refractivity contribution < 1.29 is 9.53 Å². The van der Waals surface area contributed by atoms with Gasteiger partial charge in [-0.3, -0.25) is 4.79 Å². The zero-order valence-electron chi connectivity index (χ0n) is 8.87. The second-order valence-corrected chi connectivity index (χ2v) is 4.57. The van der Waals surface area contributed by atoms with Gasteiger partial charge in [0, 0.05) is 19.7 Å². The van der Waals surface area contributed by atoms with Crippen LogP contribution in [0.3, 0.4) is 0 Å². The van der Waals surface area contributed by atoms with Gasteiger partial charge in [-0.15, -0.1) is 0 Å². The number of rotatable bonds is 2. The van der Waals surface area contributed by atoms with Crippen LogP contribution in [0.1, 0.15) is 32.6 Å². The van der Waals surface area contributed by atoms with E-state index >= 15 is 0 Å². The molecule has 2 atom stereocenters. The SMILES string of the molecule is CC1CCN(C(=O)CC2CCCO2)C1. The van der Waals surface area contributed by atoms with E-state index in [-0.39, 0.29) is 6.10 Å². The highest BCUT2D eigenvalue weighted by Gasteiger charge is 2.26. The maximum absolute atomic E-state index is 11.8. The van der Waals surface area contributed by atoms with Gasteiger partial charge in [0.1, 0.15) is 0 Å². The van der Waals surface area contributed by atoms with E-state index in [0.717, 1.165) is 39.0 Å². The van der Waals surface area contributed by atoms with Crippen molar-refractivity contribution in [1.29, 1.82) is 0 Å². The maximum atomic E-state index is 11.8. The standard InChI is InChI=1S/C11H19NO2/c1-9-4-5-12(8-9)11(13)7-10-3-2-6-14-10/h9-10H,2-8H2,1H3. The van der Waals surface area contributed by atoms with Gasteiger partial charge in [0.25, 0.3) is 0 Å². The Balaban J connectivity index is 1.77. The van der Waals surface area contributed by atoms with E-state index in [1.165, 1.54) is 0 Å². The van der Waals surface area contributed by atoms with Gasteiger partial charge in [0.15, 0.2) is 0 Å². The van der Waals surface area contributed by atoms with Crippen molar-refractivity contribution in [1.82, 2.24) is 4.90 Å². The molecule has 80 valence electrons. The van der Waals surface area contributed by atoms with Crippen molar-refractivity contribution in [3.8, 4) is 0 Å². The van der Waals surface area contributed by atoms with Gasteiger partial charge in [-0.25, -0.2) is 0 Å². The Hall–Kier alpha value is -0.570. The fraction of sp³-hybridized carbons (Fsp3) is 0.909. The quantitative estimate of drug-likeness (QED) is 0.670. The van der Waals surface area contributed by atoms with Crippen molar-refractivity contribution in [3.63, 3.8) is 0 Å². The van der Waals surface area contributed by atoms with Crippen molar-refractivity contribution in [2.24, 2.45) is 5.92 Å². The number of carbonyl (C=O) groups excluding carboxylic acids is 1. The Kier molecular flexibility index (Phi) is 3.06. The van der Waals surface area contributed by atoms with Crippen LogP contribution in [0.2, 0.25) is 0 Å². The Labute approximate surface area is 85.4 Å². The predicted molar refractivity (Wildman–Crippen MR) is 54.0 cm³/mol. The van der Waals surface area contributed by atoms with E-state index in [1.807, 2.05) is 4.90 Å². The largest absolute Gasteiger partial charge is 0.378 e. The van der Waals surface area contributed by atoms with Crippen LogP contribution in [0.5, 0.6) is 0 Å². The topological polar surface area (TPSA) is 29.5 Å². The molecule has 0 spiro atoms. The smallest absolute Gasteiger partial charge is 0.225 e. The third kappa shape index (κ3) is 2.27. The van der Waals surface area contributed by atoms with Crippen LogP contribution in [0.4, 0.5) is 0 Å². The molecule has 0 aliphatic carbocycles. The fourth-order valence-electron chi connectivity index (χ4n) is 2.29. The Morgan fingerprint density at radius 1 is 1.50 bits per heavy atom. The van der Waals surface area contributed by atoms with E-state index in [2.05, 4.69) is 6.92 Å². The number of hydrogen-bond acceptors (Lipinski definition) is 2. The monoisotopic (exact) mass is 197 g/mol. The molecular formula is C11H19NO2. The zero-order chi connectivity index (χ0) is 9.97. The first-order chi connectivity index (χ1) is 6.75. The molecule has 0 radical (unpaired) electrons. The molecule has 0 saturated carbocycles. The number of hydrogen-bond donors (Lipinski definition) is 0. The summed E-state index contributed by atoms with van der Waals surface area (Å²) >= 11 is 0. The molecule has 2 aliphatic heterocycles. The van der Waals surface area contributed by atoms with Gasteiger partial charge in [-0.1, -0.05) is 6.92 Å². The zero-order valence-corrected chi connectivity index (χ0v) is 8.87. The molecule has 0 bridgehead atoms. The third-order valence-electron chi connectivity index (χ3n) is 3.20. The summed E-state index contributed by atoms with van der Waals surface area (Å²) < 4.78 is 5.46. The highest BCUT2D eigenvalue weighted by atomic mass is 16.5. The van der Waals surface area contributed by atoms with E-state index in [0.29, 0.717) is 18.2 Å². The lowest BCUT2D eigenvalue weighted by atomic mass is 10.1. The first-order valence-corrected chi connectivity index (χ1v) is 5.65. The molecule has 0 aromatic rings. The molecule has 0 N–H and O–H groups in total. The van der Waals surface area contributed by atoms with Crippen molar-refractivity contribution in [2.45, 2.75) is 38.7 Å². The van der Waals surface area contributed by atoms with Crippen LogP contribution in [0.15, 0.2) is 0 Å². The normalized spacial score (nSPS) is 32.5. The van der Waals surface area contributed by atoms with E-state index in [1.54, 1.807) is 0 Å². The van der Waals surface area contributed by atoms with Crippen LogP contribution in [0.25, 0.3) is 0 Å². The average molecular weight is 197 g/mol. The third-order valence-corrected chi connectivity index (χ3v) is 3.20. The molecule has 3 nitrogen and oxygen atoms in total. The number of nitrogens with zero attached hydrogens (tertiary/aromatic N) is 1. The minimum Gasteiger partial charge on any atom is -0.378 e. The molecule has 14 heavy (non-hydrogen) atoms. The summed E-state index contributed by atoms with van der Waals surface area (Å²) in [7, 11) is 0. The number of ether oxygens (including phenoxy) is 1. The molecule has 3 heteroatoms. The van der Waals surface area contributed by atoms with E-state index in [4.69, 9.17) is 4.74 Å². The minimum atomic E-state index is 0.207. The van der Waals surface area contributed by atoms with Crippen molar-refractivity contribution >= 4 is 5.91 Å². The summed E-state index contributed by atoms with van der Waals surface area (Å²) in [6.45, 7) is 4.95. The summed E-state index contributed by atoms with van der Waals surface area (Å²) in [6.07, 6.45) is 4.16. The molecule has 0 aromatic carbocycles. The molecule has 2 heterocycles. The molecule has 2 rings (SSSR count). The first kappa shape index (κ1) is 9.97. The highest BCUT2D eigenvalue weighted by molar-refractivity contribution is 5.77. The van der Waals surface area contributed by atoms with Gasteiger partial charge < -0.3 is 9.64 Å². The van der Waals surface area contributed by atoms with Gasteiger partial charge in [0.2, 0.25) is 5.91 Å². The van der Waals surface area contributed by atoms with Crippen LogP contribution in [0, 0.1) is 5.92 Å². The summed E-state index contributed by atoms with van der Waals surface area (Å²) in [5.74, 6) is 0.977. The molecule has 2 fully saturated rings.